The number of anilines is 1. The number of rotatable bonds is 8. The van der Waals surface area contributed by atoms with Crippen LogP contribution >= 0.6 is 15.9 Å². The van der Waals surface area contributed by atoms with Crippen LogP contribution in [0.3, 0.4) is 0 Å². The van der Waals surface area contributed by atoms with Gasteiger partial charge in [-0.2, -0.15) is 0 Å². The average molecular weight is 343 g/mol. The fraction of sp³-hybridized carbons (Fsp3) is 0.625. The third kappa shape index (κ3) is 4.47. The van der Waals surface area contributed by atoms with Gasteiger partial charge in [-0.25, -0.2) is 0 Å². The van der Waals surface area contributed by atoms with E-state index >= 15 is 0 Å². The number of hydrogen-bond acceptors (Lipinski definition) is 3. The Morgan fingerprint density at radius 3 is 2.50 bits per heavy atom. The molecule has 0 radical (unpaired) electrons. The van der Waals surface area contributed by atoms with Crippen LogP contribution in [0.2, 0.25) is 0 Å². The van der Waals surface area contributed by atoms with Crippen molar-refractivity contribution >= 4 is 21.6 Å². The molecule has 1 rings (SSSR count). The lowest BCUT2D eigenvalue weighted by Gasteiger charge is -2.30. The van der Waals surface area contributed by atoms with E-state index in [0.717, 1.165) is 24.2 Å². The Labute approximate surface area is 131 Å². The molecule has 114 valence electrons. The predicted octanol–water partition coefficient (Wildman–Crippen LogP) is 3.98. The number of nitrogens with zero attached hydrogens (tertiary/aromatic N) is 1. The first-order chi connectivity index (χ1) is 9.54. The van der Waals surface area contributed by atoms with Crippen molar-refractivity contribution in [2.45, 2.75) is 39.8 Å². The van der Waals surface area contributed by atoms with Gasteiger partial charge in [0.25, 0.3) is 0 Å². The zero-order valence-corrected chi connectivity index (χ0v) is 14.8. The Kier molecular flexibility index (Phi) is 7.56. The Morgan fingerprint density at radius 2 is 2.00 bits per heavy atom. The summed E-state index contributed by atoms with van der Waals surface area (Å²) >= 11 is 3.71. The minimum absolute atomic E-state index is 0.356. The molecule has 4 heteroatoms. The molecule has 1 aromatic carbocycles. The highest BCUT2D eigenvalue weighted by molar-refractivity contribution is 9.10. The number of nitrogens with one attached hydrogen (secondary N) is 1. The van der Waals surface area contributed by atoms with Gasteiger partial charge in [-0.05, 0) is 45.0 Å². The molecule has 0 aliphatic carbocycles. The Bertz CT molecular complexity index is 411. The molecule has 1 N–H and O–H groups in total. The molecule has 0 aliphatic heterocycles. The first-order valence-corrected chi connectivity index (χ1v) is 8.12. The normalized spacial score (nSPS) is 14.1. The maximum Gasteiger partial charge on any atom is 0.0663 e. The summed E-state index contributed by atoms with van der Waals surface area (Å²) in [6, 6.07) is 7.33. The van der Waals surface area contributed by atoms with Gasteiger partial charge < -0.3 is 15.0 Å². The van der Waals surface area contributed by atoms with Crippen LogP contribution in [0.4, 0.5) is 5.69 Å². The third-order valence-corrected chi connectivity index (χ3v) is 4.26. The van der Waals surface area contributed by atoms with Gasteiger partial charge in [0.15, 0.2) is 0 Å². The Hall–Kier alpha value is -0.580. The molecule has 1 aromatic rings. The SMILES string of the molecule is CCNC(C)c1ccc(N(CC)C(C)COC)cc1Br. The summed E-state index contributed by atoms with van der Waals surface area (Å²) in [6.07, 6.45) is 0. The summed E-state index contributed by atoms with van der Waals surface area (Å²) in [5.74, 6) is 0. The quantitative estimate of drug-likeness (QED) is 0.773. The van der Waals surface area contributed by atoms with Crippen LogP contribution in [-0.4, -0.2) is 32.8 Å². The van der Waals surface area contributed by atoms with Crippen LogP contribution in [0.25, 0.3) is 0 Å². The van der Waals surface area contributed by atoms with Crippen LogP contribution in [0.1, 0.15) is 39.3 Å². The fourth-order valence-corrected chi connectivity index (χ4v) is 3.25. The van der Waals surface area contributed by atoms with Crippen molar-refractivity contribution in [2.24, 2.45) is 0 Å². The standard InChI is InChI=1S/C16H27BrN2O/c1-6-18-13(4)15-9-8-14(10-16(15)17)19(7-2)12(3)11-20-5/h8-10,12-13,18H,6-7,11H2,1-5H3. The summed E-state index contributed by atoms with van der Waals surface area (Å²) in [7, 11) is 1.75. The summed E-state index contributed by atoms with van der Waals surface area (Å²) in [4.78, 5) is 2.36. The van der Waals surface area contributed by atoms with E-state index in [4.69, 9.17) is 4.74 Å². The highest BCUT2D eigenvalue weighted by Crippen LogP contribution is 2.29. The van der Waals surface area contributed by atoms with Gasteiger partial charge in [-0.15, -0.1) is 0 Å². The second kappa shape index (κ2) is 8.65. The first-order valence-electron chi connectivity index (χ1n) is 7.33. The second-order valence-corrected chi connectivity index (χ2v) is 5.93. The van der Waals surface area contributed by atoms with Crippen LogP contribution in [0.5, 0.6) is 0 Å². The smallest absolute Gasteiger partial charge is 0.0663 e. The highest BCUT2D eigenvalue weighted by atomic mass is 79.9. The third-order valence-electron chi connectivity index (χ3n) is 3.57. The molecule has 2 atom stereocenters. The topological polar surface area (TPSA) is 24.5 Å². The Morgan fingerprint density at radius 1 is 1.30 bits per heavy atom. The largest absolute Gasteiger partial charge is 0.383 e. The van der Waals surface area contributed by atoms with Gasteiger partial charge in [-0.3, -0.25) is 0 Å². The lowest BCUT2D eigenvalue weighted by molar-refractivity contribution is 0.182. The lowest BCUT2D eigenvalue weighted by atomic mass is 10.1. The average Bonchev–Trinajstić information content (AvgIpc) is 2.40. The number of halogens is 1. The molecule has 0 saturated heterocycles. The molecular weight excluding hydrogens is 316 g/mol. The molecule has 2 unspecified atom stereocenters. The van der Waals surface area contributed by atoms with E-state index in [2.05, 4.69) is 72.0 Å². The van der Waals surface area contributed by atoms with Gasteiger partial charge >= 0.3 is 0 Å². The number of methoxy groups -OCH3 is 1. The van der Waals surface area contributed by atoms with Crippen molar-refractivity contribution in [1.29, 1.82) is 0 Å². The Balaban J connectivity index is 2.94. The number of likely N-dealkylation sites (N-methyl/N-ethyl adjacent to an activating group) is 1. The molecular formula is C16H27BrN2O. The number of hydrogen-bond donors (Lipinski definition) is 1. The van der Waals surface area contributed by atoms with Crippen molar-refractivity contribution in [3.63, 3.8) is 0 Å². The van der Waals surface area contributed by atoms with Crippen molar-refractivity contribution in [2.75, 3.05) is 31.7 Å². The van der Waals surface area contributed by atoms with Crippen molar-refractivity contribution in [3.05, 3.63) is 28.2 Å². The number of benzene rings is 1. The number of ether oxygens (including phenoxy) is 1. The molecule has 20 heavy (non-hydrogen) atoms. The van der Waals surface area contributed by atoms with Crippen LogP contribution < -0.4 is 10.2 Å². The van der Waals surface area contributed by atoms with Crippen LogP contribution in [-0.2, 0) is 4.74 Å². The van der Waals surface area contributed by atoms with Gasteiger partial charge in [0, 0.05) is 35.9 Å². The second-order valence-electron chi connectivity index (χ2n) is 5.08. The maximum absolute atomic E-state index is 5.27. The lowest BCUT2D eigenvalue weighted by Crippen LogP contribution is -2.36. The molecule has 0 fully saturated rings. The summed E-state index contributed by atoms with van der Waals surface area (Å²) in [6.45, 7) is 11.4. The minimum Gasteiger partial charge on any atom is -0.383 e. The van der Waals surface area contributed by atoms with E-state index in [1.165, 1.54) is 11.3 Å². The molecule has 3 nitrogen and oxygen atoms in total. The molecule has 0 spiro atoms. The van der Waals surface area contributed by atoms with E-state index in [1.54, 1.807) is 7.11 Å². The molecule has 0 bridgehead atoms. The highest BCUT2D eigenvalue weighted by Gasteiger charge is 2.15. The summed E-state index contributed by atoms with van der Waals surface area (Å²) < 4.78 is 6.43. The van der Waals surface area contributed by atoms with Crippen molar-refractivity contribution in [3.8, 4) is 0 Å². The molecule has 0 amide bonds. The van der Waals surface area contributed by atoms with E-state index in [-0.39, 0.29) is 0 Å². The van der Waals surface area contributed by atoms with Gasteiger partial charge in [0.2, 0.25) is 0 Å². The van der Waals surface area contributed by atoms with E-state index < -0.39 is 0 Å². The van der Waals surface area contributed by atoms with Gasteiger partial charge in [-0.1, -0.05) is 28.9 Å². The molecule has 0 aromatic heterocycles. The van der Waals surface area contributed by atoms with Crippen molar-refractivity contribution in [1.82, 2.24) is 5.32 Å². The fourth-order valence-electron chi connectivity index (χ4n) is 2.54. The van der Waals surface area contributed by atoms with Gasteiger partial charge in [0.1, 0.15) is 0 Å². The monoisotopic (exact) mass is 342 g/mol. The first kappa shape index (κ1) is 17.5. The molecule has 0 heterocycles. The predicted molar refractivity (Wildman–Crippen MR) is 90.6 cm³/mol. The molecule has 0 saturated carbocycles. The van der Waals surface area contributed by atoms with Gasteiger partial charge in [0.05, 0.1) is 6.61 Å². The van der Waals surface area contributed by atoms with E-state index in [0.29, 0.717) is 12.1 Å². The maximum atomic E-state index is 5.27. The van der Waals surface area contributed by atoms with Crippen LogP contribution in [0.15, 0.2) is 22.7 Å². The van der Waals surface area contributed by atoms with E-state index in [9.17, 15) is 0 Å². The summed E-state index contributed by atoms with van der Waals surface area (Å²) in [5, 5.41) is 3.44. The van der Waals surface area contributed by atoms with E-state index in [1.807, 2.05) is 0 Å². The zero-order chi connectivity index (χ0) is 15.1. The van der Waals surface area contributed by atoms with Crippen molar-refractivity contribution < 1.29 is 4.74 Å². The molecule has 0 aliphatic rings. The summed E-state index contributed by atoms with van der Waals surface area (Å²) in [5.41, 5.74) is 2.53. The zero-order valence-electron chi connectivity index (χ0n) is 13.2. The van der Waals surface area contributed by atoms with Crippen LogP contribution in [0, 0.1) is 0 Å². The minimum atomic E-state index is 0.356.